The lowest BCUT2D eigenvalue weighted by atomic mass is 10.1. The topological polar surface area (TPSA) is 96.5 Å². The van der Waals surface area contributed by atoms with E-state index in [0.717, 1.165) is 5.56 Å². The number of methoxy groups -OCH3 is 1. The van der Waals surface area contributed by atoms with Gasteiger partial charge in [0.2, 0.25) is 0 Å². The molecule has 0 fully saturated rings. The Kier molecular flexibility index (Phi) is 7.04. The fraction of sp³-hybridized carbons (Fsp3) is 0.0870. The molecule has 0 bridgehead atoms. The summed E-state index contributed by atoms with van der Waals surface area (Å²) >= 11 is 3.30. The average Bonchev–Trinajstić information content (AvgIpc) is 2.78. The van der Waals surface area contributed by atoms with Crippen LogP contribution in [-0.2, 0) is 0 Å². The second-order valence-electron chi connectivity index (χ2n) is 6.60. The van der Waals surface area contributed by atoms with Gasteiger partial charge in [-0.2, -0.15) is 0 Å². The number of ether oxygens (including phenoxy) is 1. The number of anilines is 1. The summed E-state index contributed by atoms with van der Waals surface area (Å²) in [5.74, 6) is -0.873. The van der Waals surface area contributed by atoms with Gasteiger partial charge in [-0.25, -0.2) is 0 Å². The van der Waals surface area contributed by atoms with Crippen LogP contribution in [-0.4, -0.2) is 24.8 Å². The van der Waals surface area contributed by atoms with Crippen molar-refractivity contribution in [3.63, 3.8) is 0 Å². The summed E-state index contributed by atoms with van der Waals surface area (Å²) in [7, 11) is 1.46. The molecule has 0 saturated heterocycles. The Morgan fingerprint density at radius 2 is 1.48 bits per heavy atom. The molecule has 31 heavy (non-hydrogen) atoms. The van der Waals surface area contributed by atoms with Crippen LogP contribution in [0, 0.1) is 6.92 Å². The van der Waals surface area contributed by atoms with E-state index in [2.05, 4.69) is 32.1 Å². The highest BCUT2D eigenvalue weighted by Crippen LogP contribution is 2.22. The van der Waals surface area contributed by atoms with Crippen molar-refractivity contribution >= 4 is 39.3 Å². The van der Waals surface area contributed by atoms with Crippen LogP contribution in [0.1, 0.15) is 36.6 Å². The molecule has 0 radical (unpaired) electrons. The number of aryl methyl sites for hydroxylation is 1. The van der Waals surface area contributed by atoms with E-state index in [-0.39, 0.29) is 11.5 Å². The SMILES string of the molecule is COc1ccc(Br)cc1C(=O)NNC(=O)c1ccc(NC(=O)c2ccccc2C)cc1. The number of amides is 3. The lowest BCUT2D eigenvalue weighted by molar-refractivity contribution is 0.0845. The van der Waals surface area contributed by atoms with Crippen molar-refractivity contribution in [2.45, 2.75) is 6.92 Å². The van der Waals surface area contributed by atoms with Crippen molar-refractivity contribution < 1.29 is 19.1 Å². The summed E-state index contributed by atoms with van der Waals surface area (Å²) in [5, 5.41) is 2.80. The van der Waals surface area contributed by atoms with Gasteiger partial charge in [-0.15, -0.1) is 0 Å². The normalized spacial score (nSPS) is 10.2. The van der Waals surface area contributed by atoms with Gasteiger partial charge in [-0.05, 0) is 61.0 Å². The van der Waals surface area contributed by atoms with E-state index in [1.807, 2.05) is 19.1 Å². The predicted molar refractivity (Wildman–Crippen MR) is 121 cm³/mol. The van der Waals surface area contributed by atoms with Gasteiger partial charge in [0.1, 0.15) is 5.75 Å². The minimum Gasteiger partial charge on any atom is -0.496 e. The molecule has 0 aliphatic rings. The Morgan fingerprint density at radius 3 is 2.16 bits per heavy atom. The van der Waals surface area contributed by atoms with Gasteiger partial charge in [0.05, 0.1) is 12.7 Å². The number of hydrazine groups is 1. The molecule has 0 aromatic heterocycles. The first-order chi connectivity index (χ1) is 14.9. The molecular formula is C23H20BrN3O4. The van der Waals surface area contributed by atoms with Crippen LogP contribution >= 0.6 is 15.9 Å². The van der Waals surface area contributed by atoms with Crippen LogP contribution in [0.5, 0.6) is 5.75 Å². The lowest BCUT2D eigenvalue weighted by Gasteiger charge is -2.11. The molecule has 0 heterocycles. The summed E-state index contributed by atoms with van der Waals surface area (Å²) in [6.07, 6.45) is 0. The van der Waals surface area contributed by atoms with E-state index in [1.165, 1.54) is 7.11 Å². The summed E-state index contributed by atoms with van der Waals surface area (Å²) < 4.78 is 5.87. The molecule has 8 heteroatoms. The van der Waals surface area contributed by atoms with Crippen LogP contribution in [0.4, 0.5) is 5.69 Å². The molecule has 3 amide bonds. The van der Waals surface area contributed by atoms with Crippen LogP contribution in [0.15, 0.2) is 71.2 Å². The zero-order valence-electron chi connectivity index (χ0n) is 16.9. The van der Waals surface area contributed by atoms with Crippen LogP contribution in [0.2, 0.25) is 0 Å². The smallest absolute Gasteiger partial charge is 0.273 e. The van der Waals surface area contributed by atoms with Crippen molar-refractivity contribution in [3.8, 4) is 5.75 Å². The molecular weight excluding hydrogens is 462 g/mol. The maximum atomic E-state index is 12.4. The van der Waals surface area contributed by atoms with Crippen molar-refractivity contribution in [1.29, 1.82) is 0 Å². The minimum absolute atomic E-state index is 0.231. The molecule has 3 aromatic carbocycles. The molecule has 0 spiro atoms. The lowest BCUT2D eigenvalue weighted by Crippen LogP contribution is -2.41. The van der Waals surface area contributed by atoms with Gasteiger partial charge in [-0.3, -0.25) is 25.2 Å². The van der Waals surface area contributed by atoms with Crippen LogP contribution in [0.25, 0.3) is 0 Å². The number of carbonyl (C=O) groups is 3. The largest absolute Gasteiger partial charge is 0.496 e. The number of carbonyl (C=O) groups excluding carboxylic acids is 3. The molecule has 7 nitrogen and oxygen atoms in total. The van der Waals surface area contributed by atoms with Crippen LogP contribution in [0.3, 0.4) is 0 Å². The minimum atomic E-state index is -0.520. The third-order valence-corrected chi connectivity index (χ3v) is 4.98. The van der Waals surface area contributed by atoms with E-state index >= 15 is 0 Å². The average molecular weight is 482 g/mol. The first kappa shape index (κ1) is 22.0. The molecule has 0 saturated carbocycles. The fourth-order valence-electron chi connectivity index (χ4n) is 2.84. The van der Waals surface area contributed by atoms with Gasteiger partial charge in [0, 0.05) is 21.3 Å². The highest BCUT2D eigenvalue weighted by Gasteiger charge is 2.15. The molecule has 0 atom stereocenters. The molecule has 0 aliphatic carbocycles. The second-order valence-corrected chi connectivity index (χ2v) is 7.51. The number of hydrogen-bond donors (Lipinski definition) is 3. The molecule has 3 rings (SSSR count). The van der Waals surface area contributed by atoms with Gasteiger partial charge in [-0.1, -0.05) is 34.1 Å². The number of halogens is 1. The van der Waals surface area contributed by atoms with E-state index < -0.39 is 11.8 Å². The standard InChI is InChI=1S/C23H20BrN3O4/c1-14-5-3-4-6-18(14)22(29)25-17-10-7-15(8-11-17)21(28)26-27-23(30)19-13-16(24)9-12-20(19)31-2/h3-13H,1-2H3,(H,25,29)(H,26,28)(H,27,30). The van der Waals surface area contributed by atoms with Crippen molar-refractivity contribution in [2.75, 3.05) is 12.4 Å². The van der Waals surface area contributed by atoms with Gasteiger partial charge < -0.3 is 10.1 Å². The van der Waals surface area contributed by atoms with Crippen molar-refractivity contribution in [2.24, 2.45) is 0 Å². The summed E-state index contributed by atoms with van der Waals surface area (Å²) in [4.78, 5) is 37.1. The van der Waals surface area contributed by atoms with E-state index in [0.29, 0.717) is 27.0 Å². The second kappa shape index (κ2) is 9.90. The first-order valence-corrected chi connectivity index (χ1v) is 10.1. The van der Waals surface area contributed by atoms with Crippen molar-refractivity contribution in [1.82, 2.24) is 10.9 Å². The van der Waals surface area contributed by atoms with Gasteiger partial charge in [0.25, 0.3) is 17.7 Å². The van der Waals surface area contributed by atoms with E-state index in [1.54, 1.807) is 54.6 Å². The van der Waals surface area contributed by atoms with Crippen molar-refractivity contribution in [3.05, 3.63) is 93.5 Å². The monoisotopic (exact) mass is 481 g/mol. The Hall–Kier alpha value is -3.65. The number of hydrogen-bond acceptors (Lipinski definition) is 4. The fourth-order valence-corrected chi connectivity index (χ4v) is 3.20. The highest BCUT2D eigenvalue weighted by atomic mass is 79.9. The number of rotatable bonds is 5. The molecule has 0 unspecified atom stereocenters. The highest BCUT2D eigenvalue weighted by molar-refractivity contribution is 9.10. The number of nitrogens with one attached hydrogen (secondary N) is 3. The third-order valence-electron chi connectivity index (χ3n) is 4.49. The first-order valence-electron chi connectivity index (χ1n) is 9.30. The molecule has 158 valence electrons. The molecule has 3 N–H and O–H groups in total. The summed E-state index contributed by atoms with van der Waals surface area (Å²) in [6.45, 7) is 1.86. The van der Waals surface area contributed by atoms with Gasteiger partial charge in [0.15, 0.2) is 0 Å². The Balaban J connectivity index is 1.60. The Labute approximate surface area is 187 Å². The third kappa shape index (κ3) is 5.49. The Morgan fingerprint density at radius 1 is 0.806 bits per heavy atom. The molecule has 3 aromatic rings. The maximum Gasteiger partial charge on any atom is 0.273 e. The Bertz CT molecular complexity index is 1130. The summed E-state index contributed by atoms with van der Waals surface area (Å²) in [6, 6.07) is 18.6. The van der Waals surface area contributed by atoms with E-state index in [4.69, 9.17) is 4.74 Å². The predicted octanol–water partition coefficient (Wildman–Crippen LogP) is 4.09. The summed E-state index contributed by atoms with van der Waals surface area (Å²) in [5.41, 5.74) is 7.31. The number of benzene rings is 3. The van der Waals surface area contributed by atoms with E-state index in [9.17, 15) is 14.4 Å². The maximum absolute atomic E-state index is 12.4. The van der Waals surface area contributed by atoms with Crippen LogP contribution < -0.4 is 20.9 Å². The quantitative estimate of drug-likeness (QED) is 0.478. The van der Waals surface area contributed by atoms with Gasteiger partial charge >= 0.3 is 0 Å². The zero-order valence-corrected chi connectivity index (χ0v) is 18.4. The molecule has 0 aliphatic heterocycles. The zero-order chi connectivity index (χ0) is 22.4.